The van der Waals surface area contributed by atoms with Gasteiger partial charge < -0.3 is 4.74 Å². The lowest BCUT2D eigenvalue weighted by molar-refractivity contribution is 0.391. The zero-order chi connectivity index (χ0) is 12.3. The van der Waals surface area contributed by atoms with Crippen LogP contribution < -0.4 is 4.74 Å². The quantitative estimate of drug-likeness (QED) is 0.780. The highest BCUT2D eigenvalue weighted by atomic mass is 32.2. The average Bonchev–Trinajstić information content (AvgIpc) is 2.39. The molecule has 0 atom stereocenters. The molecule has 2 rings (SSSR count). The molecule has 0 radical (unpaired) electrons. The van der Waals surface area contributed by atoms with Crippen LogP contribution in [-0.4, -0.2) is 28.5 Å². The monoisotopic (exact) mass is 247 g/mol. The highest BCUT2D eigenvalue weighted by molar-refractivity contribution is 7.98. The summed E-state index contributed by atoms with van der Waals surface area (Å²) in [7, 11) is 1.58. The summed E-state index contributed by atoms with van der Waals surface area (Å²) in [6.07, 6.45) is 3.88. The van der Waals surface area contributed by atoms with E-state index in [0.717, 1.165) is 21.8 Å². The molecule has 2 aromatic heterocycles. The highest BCUT2D eigenvalue weighted by Gasteiger charge is 2.07. The summed E-state index contributed by atoms with van der Waals surface area (Å²) in [6.45, 7) is 1.91. The molecule has 88 valence electrons. The van der Waals surface area contributed by atoms with Gasteiger partial charge in [-0.2, -0.15) is 5.10 Å². The van der Waals surface area contributed by atoms with E-state index < -0.39 is 0 Å². The van der Waals surface area contributed by atoms with Gasteiger partial charge in [0.15, 0.2) is 0 Å². The minimum Gasteiger partial charge on any atom is -0.480 e. The molecular weight excluding hydrogens is 234 g/mol. The van der Waals surface area contributed by atoms with E-state index in [2.05, 4.69) is 15.2 Å². The maximum Gasteiger partial charge on any atom is 0.233 e. The predicted octanol–water partition coefficient (Wildman–Crippen LogP) is 2.58. The lowest BCUT2D eigenvalue weighted by Gasteiger charge is -2.06. The van der Waals surface area contributed by atoms with Gasteiger partial charge in [0.2, 0.25) is 5.88 Å². The van der Waals surface area contributed by atoms with E-state index in [9.17, 15) is 0 Å². The van der Waals surface area contributed by atoms with E-state index in [1.54, 1.807) is 18.9 Å². The number of aryl methyl sites for hydroxylation is 1. The molecule has 2 heterocycles. The van der Waals surface area contributed by atoms with Gasteiger partial charge in [-0.05, 0) is 25.3 Å². The first-order valence-corrected chi connectivity index (χ1v) is 6.36. The number of hydrogen-bond donors (Lipinski definition) is 0. The summed E-state index contributed by atoms with van der Waals surface area (Å²) in [6, 6.07) is 5.87. The minimum atomic E-state index is 0.501. The van der Waals surface area contributed by atoms with E-state index in [1.807, 2.05) is 37.6 Å². The van der Waals surface area contributed by atoms with E-state index >= 15 is 0 Å². The van der Waals surface area contributed by atoms with Crippen LogP contribution in [0.3, 0.4) is 0 Å². The van der Waals surface area contributed by atoms with Crippen LogP contribution in [0.2, 0.25) is 0 Å². The Kier molecular flexibility index (Phi) is 3.58. The summed E-state index contributed by atoms with van der Waals surface area (Å²) < 4.78 is 5.07. The molecule has 0 unspecified atom stereocenters. The van der Waals surface area contributed by atoms with Crippen molar-refractivity contribution in [1.82, 2.24) is 15.2 Å². The second-order valence-electron chi connectivity index (χ2n) is 3.47. The maximum absolute atomic E-state index is 5.07. The Hall–Kier alpha value is -1.62. The zero-order valence-corrected chi connectivity index (χ0v) is 10.8. The zero-order valence-electron chi connectivity index (χ0n) is 9.97. The van der Waals surface area contributed by atoms with E-state index in [1.165, 1.54) is 0 Å². The number of methoxy groups -OCH3 is 1. The van der Waals surface area contributed by atoms with Crippen molar-refractivity contribution in [2.24, 2.45) is 0 Å². The number of aromatic nitrogens is 3. The SMILES string of the molecule is COc1cc(-c2ccc(SC)cn2)c(C)nn1. The summed E-state index contributed by atoms with van der Waals surface area (Å²) in [5.74, 6) is 0.501. The molecule has 0 aromatic carbocycles. The molecule has 0 aliphatic rings. The highest BCUT2D eigenvalue weighted by Crippen LogP contribution is 2.24. The smallest absolute Gasteiger partial charge is 0.233 e. The molecule has 0 spiro atoms. The standard InChI is InChI=1S/C12H13N3OS/c1-8-10(6-12(16-2)15-14-8)11-5-4-9(17-3)7-13-11/h4-7H,1-3H3. The van der Waals surface area contributed by atoms with Crippen LogP contribution in [0, 0.1) is 6.92 Å². The summed E-state index contributed by atoms with van der Waals surface area (Å²) in [4.78, 5) is 5.55. The fourth-order valence-electron chi connectivity index (χ4n) is 1.45. The lowest BCUT2D eigenvalue weighted by atomic mass is 10.1. The molecule has 0 aliphatic carbocycles. The molecule has 0 saturated carbocycles. The molecule has 4 nitrogen and oxygen atoms in total. The van der Waals surface area contributed by atoms with Crippen LogP contribution in [0.4, 0.5) is 0 Å². The lowest BCUT2D eigenvalue weighted by Crippen LogP contribution is -1.96. The molecule has 0 aliphatic heterocycles. The largest absolute Gasteiger partial charge is 0.480 e. The maximum atomic E-state index is 5.07. The number of rotatable bonds is 3. The molecule has 0 N–H and O–H groups in total. The van der Waals surface area contributed by atoms with Crippen molar-refractivity contribution in [1.29, 1.82) is 0 Å². The Bertz CT molecular complexity index is 514. The van der Waals surface area contributed by atoms with Crippen molar-refractivity contribution in [3.63, 3.8) is 0 Å². The van der Waals surface area contributed by atoms with Crippen molar-refractivity contribution in [3.05, 3.63) is 30.1 Å². The van der Waals surface area contributed by atoms with Gasteiger partial charge in [-0.3, -0.25) is 4.98 Å². The van der Waals surface area contributed by atoms with E-state index in [4.69, 9.17) is 4.74 Å². The molecule has 2 aromatic rings. The van der Waals surface area contributed by atoms with Gasteiger partial charge in [-0.15, -0.1) is 16.9 Å². The molecule has 0 bridgehead atoms. The van der Waals surface area contributed by atoms with Gasteiger partial charge in [0.1, 0.15) is 0 Å². The first kappa shape index (κ1) is 11.9. The van der Waals surface area contributed by atoms with Gasteiger partial charge in [0.25, 0.3) is 0 Å². The molecule has 0 amide bonds. The molecule has 5 heteroatoms. The van der Waals surface area contributed by atoms with Crippen LogP contribution in [0.1, 0.15) is 5.69 Å². The third kappa shape index (κ3) is 2.55. The number of ether oxygens (including phenoxy) is 1. The third-order valence-electron chi connectivity index (χ3n) is 2.41. The van der Waals surface area contributed by atoms with Crippen molar-refractivity contribution in [2.45, 2.75) is 11.8 Å². The Balaban J connectivity index is 2.43. The fourth-order valence-corrected chi connectivity index (χ4v) is 1.82. The Morgan fingerprint density at radius 1 is 1.24 bits per heavy atom. The molecule has 17 heavy (non-hydrogen) atoms. The van der Waals surface area contributed by atoms with Crippen LogP contribution in [0.25, 0.3) is 11.3 Å². The van der Waals surface area contributed by atoms with Crippen molar-refractivity contribution in [3.8, 4) is 17.1 Å². The summed E-state index contributed by atoms with van der Waals surface area (Å²) in [5, 5.41) is 7.96. The normalized spacial score (nSPS) is 10.3. The van der Waals surface area contributed by atoms with Gasteiger partial charge in [0.05, 0.1) is 18.5 Å². The minimum absolute atomic E-state index is 0.501. The summed E-state index contributed by atoms with van der Waals surface area (Å²) >= 11 is 1.67. The van der Waals surface area contributed by atoms with Gasteiger partial charge in [0, 0.05) is 22.7 Å². The number of nitrogens with zero attached hydrogens (tertiary/aromatic N) is 3. The fraction of sp³-hybridized carbons (Fsp3) is 0.250. The topological polar surface area (TPSA) is 47.9 Å². The number of thioether (sulfide) groups is 1. The third-order valence-corrected chi connectivity index (χ3v) is 3.13. The van der Waals surface area contributed by atoms with Crippen LogP contribution >= 0.6 is 11.8 Å². The first-order chi connectivity index (χ1) is 8.24. The molecular formula is C12H13N3OS. The predicted molar refractivity (Wildman–Crippen MR) is 68.3 cm³/mol. The first-order valence-electron chi connectivity index (χ1n) is 5.13. The van der Waals surface area contributed by atoms with Gasteiger partial charge in [-0.1, -0.05) is 0 Å². The number of hydrogen-bond acceptors (Lipinski definition) is 5. The van der Waals surface area contributed by atoms with Crippen LogP contribution in [0.5, 0.6) is 5.88 Å². The Labute approximate surface area is 104 Å². The van der Waals surface area contributed by atoms with E-state index in [-0.39, 0.29) is 0 Å². The van der Waals surface area contributed by atoms with Gasteiger partial charge >= 0.3 is 0 Å². The van der Waals surface area contributed by atoms with Crippen molar-refractivity contribution in [2.75, 3.05) is 13.4 Å². The average molecular weight is 247 g/mol. The Morgan fingerprint density at radius 3 is 2.65 bits per heavy atom. The summed E-state index contributed by atoms with van der Waals surface area (Å²) in [5.41, 5.74) is 2.67. The van der Waals surface area contributed by atoms with Crippen molar-refractivity contribution < 1.29 is 4.74 Å². The van der Waals surface area contributed by atoms with Crippen molar-refractivity contribution >= 4 is 11.8 Å². The van der Waals surface area contributed by atoms with Gasteiger partial charge in [-0.25, -0.2) is 0 Å². The number of pyridine rings is 1. The molecule has 0 fully saturated rings. The van der Waals surface area contributed by atoms with Crippen LogP contribution in [0.15, 0.2) is 29.3 Å². The second kappa shape index (κ2) is 5.14. The van der Waals surface area contributed by atoms with Crippen LogP contribution in [-0.2, 0) is 0 Å². The second-order valence-corrected chi connectivity index (χ2v) is 4.35. The molecule has 0 saturated heterocycles. The van der Waals surface area contributed by atoms with E-state index in [0.29, 0.717) is 5.88 Å². The Morgan fingerprint density at radius 2 is 2.06 bits per heavy atom.